The predicted octanol–water partition coefficient (Wildman–Crippen LogP) is 4.11. The van der Waals surface area contributed by atoms with Crippen molar-refractivity contribution in [2.45, 2.75) is 59.4 Å². The molecule has 0 saturated heterocycles. The highest BCUT2D eigenvalue weighted by atomic mass is 16.1. The van der Waals surface area contributed by atoms with Crippen molar-refractivity contribution in [3.63, 3.8) is 0 Å². The van der Waals surface area contributed by atoms with Gasteiger partial charge in [-0.1, -0.05) is 25.0 Å². The van der Waals surface area contributed by atoms with Gasteiger partial charge in [0.25, 0.3) is 5.56 Å². The largest absolute Gasteiger partial charge is 0.306 e. The number of rotatable bonds is 4. The second-order valence-electron chi connectivity index (χ2n) is 8.85. The Kier molecular flexibility index (Phi) is 5.19. The van der Waals surface area contributed by atoms with E-state index in [0.29, 0.717) is 17.8 Å². The molecule has 5 nitrogen and oxygen atoms in total. The van der Waals surface area contributed by atoms with Crippen LogP contribution in [0.4, 0.5) is 0 Å². The van der Waals surface area contributed by atoms with Gasteiger partial charge in [-0.05, 0) is 50.2 Å². The number of allylic oxidation sites excluding steroid dienone is 1. The van der Waals surface area contributed by atoms with E-state index in [0.717, 1.165) is 42.8 Å². The number of hydrogen-bond donors (Lipinski definition) is 1. The van der Waals surface area contributed by atoms with Gasteiger partial charge in [-0.3, -0.25) is 14.7 Å². The van der Waals surface area contributed by atoms with Crippen molar-refractivity contribution >= 4 is 0 Å². The fraction of sp³-hybridized carbons (Fsp3) is 0.522. The van der Waals surface area contributed by atoms with Gasteiger partial charge in [0.15, 0.2) is 0 Å². The summed E-state index contributed by atoms with van der Waals surface area (Å²) in [4.78, 5) is 26.9. The lowest BCUT2D eigenvalue weighted by atomic mass is 9.71. The molecule has 2 aliphatic rings. The van der Waals surface area contributed by atoms with Gasteiger partial charge in [0.2, 0.25) is 0 Å². The third-order valence-corrected chi connectivity index (χ3v) is 6.45. The molecule has 0 fully saturated rings. The number of nitrogens with one attached hydrogen (secondary N) is 1. The summed E-state index contributed by atoms with van der Waals surface area (Å²) >= 11 is 0. The third-order valence-electron chi connectivity index (χ3n) is 6.45. The number of H-pyrrole nitrogens is 1. The zero-order valence-electron chi connectivity index (χ0n) is 17.2. The molecular weight excluding hydrogens is 348 g/mol. The van der Waals surface area contributed by atoms with Crippen molar-refractivity contribution in [1.29, 1.82) is 0 Å². The first-order valence-corrected chi connectivity index (χ1v) is 10.4. The first-order chi connectivity index (χ1) is 13.4. The maximum atomic E-state index is 12.7. The van der Waals surface area contributed by atoms with Crippen molar-refractivity contribution in [3.8, 4) is 11.4 Å². The smallest absolute Gasteiger partial charge is 0.255 e. The first-order valence-electron chi connectivity index (χ1n) is 10.4. The van der Waals surface area contributed by atoms with Crippen molar-refractivity contribution in [3.05, 3.63) is 57.3 Å². The molecule has 3 heterocycles. The summed E-state index contributed by atoms with van der Waals surface area (Å²) in [5.74, 6) is 0.620. The normalized spacial score (nSPS) is 19.5. The summed E-state index contributed by atoms with van der Waals surface area (Å²) in [6.07, 6.45) is 9.22. The van der Waals surface area contributed by atoms with Crippen LogP contribution in [0.25, 0.3) is 11.4 Å². The van der Waals surface area contributed by atoms with E-state index < -0.39 is 0 Å². The molecule has 1 aliphatic carbocycles. The molecule has 0 bridgehead atoms. The summed E-state index contributed by atoms with van der Waals surface area (Å²) in [6.45, 7) is 9.73. The van der Waals surface area contributed by atoms with Crippen molar-refractivity contribution in [2.24, 2.45) is 5.41 Å². The van der Waals surface area contributed by atoms with E-state index in [4.69, 9.17) is 4.98 Å². The van der Waals surface area contributed by atoms with E-state index >= 15 is 0 Å². The minimum atomic E-state index is -0.0121. The molecular formula is C23H30N4O. The molecule has 1 N–H and O–H groups in total. The topological polar surface area (TPSA) is 61.9 Å². The van der Waals surface area contributed by atoms with Crippen molar-refractivity contribution in [1.82, 2.24) is 19.9 Å². The third kappa shape index (κ3) is 3.81. The molecule has 2 aromatic rings. The second kappa shape index (κ2) is 7.63. The standard InChI is InChI=1S/C23H30N4O/c1-16-6-4-10-23(2,3)19(16)8-12-27-13-9-20-18(15-27)22(28)26-21(25-20)17-7-5-11-24-14-17/h5,7,11,14H,4,6,8-10,12-13,15H2,1-3H3,(H,25,26,28). The van der Waals surface area contributed by atoms with Gasteiger partial charge >= 0.3 is 0 Å². The number of fused-ring (bicyclic) bond motifs is 1. The van der Waals surface area contributed by atoms with Gasteiger partial charge in [0.1, 0.15) is 5.82 Å². The second-order valence-corrected chi connectivity index (χ2v) is 8.85. The molecule has 0 spiro atoms. The predicted molar refractivity (Wildman–Crippen MR) is 112 cm³/mol. The van der Waals surface area contributed by atoms with Crippen LogP contribution in [-0.2, 0) is 13.0 Å². The zero-order chi connectivity index (χ0) is 19.7. The zero-order valence-corrected chi connectivity index (χ0v) is 17.2. The van der Waals surface area contributed by atoms with E-state index in [-0.39, 0.29) is 5.56 Å². The highest BCUT2D eigenvalue weighted by Crippen LogP contribution is 2.41. The minimum absolute atomic E-state index is 0.0121. The van der Waals surface area contributed by atoms with Gasteiger partial charge in [0.05, 0.1) is 11.3 Å². The Bertz CT molecular complexity index is 943. The summed E-state index contributed by atoms with van der Waals surface area (Å²) in [5, 5.41) is 0. The van der Waals surface area contributed by atoms with E-state index in [1.807, 2.05) is 12.1 Å². The number of hydrogen-bond acceptors (Lipinski definition) is 4. The quantitative estimate of drug-likeness (QED) is 0.814. The Morgan fingerprint density at radius 3 is 2.89 bits per heavy atom. The Hall–Kier alpha value is -2.27. The van der Waals surface area contributed by atoms with Crippen LogP contribution in [0, 0.1) is 5.41 Å². The molecule has 28 heavy (non-hydrogen) atoms. The summed E-state index contributed by atoms with van der Waals surface area (Å²) in [7, 11) is 0. The summed E-state index contributed by atoms with van der Waals surface area (Å²) in [6, 6.07) is 3.79. The van der Waals surface area contributed by atoms with Crippen molar-refractivity contribution < 1.29 is 0 Å². The first kappa shape index (κ1) is 19.1. The monoisotopic (exact) mass is 378 g/mol. The van der Waals surface area contributed by atoms with Crippen LogP contribution in [0.2, 0.25) is 0 Å². The molecule has 0 saturated carbocycles. The van der Waals surface area contributed by atoms with Crippen LogP contribution in [0.1, 0.15) is 57.7 Å². The minimum Gasteiger partial charge on any atom is -0.306 e. The van der Waals surface area contributed by atoms with Gasteiger partial charge in [-0.2, -0.15) is 0 Å². The number of aromatic nitrogens is 3. The van der Waals surface area contributed by atoms with Gasteiger partial charge in [-0.25, -0.2) is 4.98 Å². The molecule has 1 aliphatic heterocycles. The molecule has 5 heteroatoms. The SMILES string of the molecule is CC1=C(CCN2CCc3nc(-c4cccnc4)[nH]c(=O)c3C2)C(C)(C)CCC1. The lowest BCUT2D eigenvalue weighted by Gasteiger charge is -2.36. The Morgan fingerprint density at radius 1 is 1.29 bits per heavy atom. The van der Waals surface area contributed by atoms with E-state index in [1.165, 1.54) is 19.3 Å². The van der Waals surface area contributed by atoms with Gasteiger partial charge < -0.3 is 4.98 Å². The molecule has 2 aromatic heterocycles. The summed E-state index contributed by atoms with van der Waals surface area (Å²) in [5.41, 5.74) is 6.12. The molecule has 4 rings (SSSR count). The number of nitrogens with zero attached hydrogens (tertiary/aromatic N) is 3. The van der Waals surface area contributed by atoms with Gasteiger partial charge in [0, 0.05) is 44.0 Å². The fourth-order valence-corrected chi connectivity index (χ4v) is 4.81. The fourth-order valence-electron chi connectivity index (χ4n) is 4.81. The van der Waals surface area contributed by atoms with Crippen LogP contribution in [-0.4, -0.2) is 32.9 Å². The molecule has 0 atom stereocenters. The van der Waals surface area contributed by atoms with Crippen LogP contribution >= 0.6 is 0 Å². The van der Waals surface area contributed by atoms with Gasteiger partial charge in [-0.15, -0.1) is 0 Å². The van der Waals surface area contributed by atoms with E-state index in [9.17, 15) is 4.79 Å². The van der Waals surface area contributed by atoms with E-state index in [1.54, 1.807) is 23.5 Å². The molecule has 148 valence electrons. The molecule has 0 unspecified atom stereocenters. The van der Waals surface area contributed by atoms with E-state index in [2.05, 4.69) is 35.6 Å². The Balaban J connectivity index is 1.49. The lowest BCUT2D eigenvalue weighted by Crippen LogP contribution is -2.37. The maximum Gasteiger partial charge on any atom is 0.255 e. The highest BCUT2D eigenvalue weighted by Gasteiger charge is 2.29. The molecule has 0 amide bonds. The molecule has 0 radical (unpaired) electrons. The van der Waals surface area contributed by atoms with Crippen LogP contribution in [0.5, 0.6) is 0 Å². The molecule has 0 aromatic carbocycles. The lowest BCUT2D eigenvalue weighted by molar-refractivity contribution is 0.242. The van der Waals surface area contributed by atoms with Crippen LogP contribution in [0.3, 0.4) is 0 Å². The van der Waals surface area contributed by atoms with Crippen LogP contribution in [0.15, 0.2) is 40.5 Å². The highest BCUT2D eigenvalue weighted by molar-refractivity contribution is 5.53. The summed E-state index contributed by atoms with van der Waals surface area (Å²) < 4.78 is 0. The Labute approximate surface area is 166 Å². The van der Waals surface area contributed by atoms with Crippen molar-refractivity contribution in [2.75, 3.05) is 13.1 Å². The van der Waals surface area contributed by atoms with Crippen LogP contribution < -0.4 is 5.56 Å². The average molecular weight is 379 g/mol. The average Bonchev–Trinajstić information content (AvgIpc) is 2.68. The maximum absolute atomic E-state index is 12.7. The Morgan fingerprint density at radius 2 is 2.14 bits per heavy atom. The number of aromatic amines is 1. The number of pyridine rings is 1.